The first kappa shape index (κ1) is 15.7. The average Bonchev–Trinajstić information content (AvgIpc) is 2.79. The predicted octanol–water partition coefficient (Wildman–Crippen LogP) is 2.12. The summed E-state index contributed by atoms with van der Waals surface area (Å²) in [6.07, 6.45) is 1.04. The minimum atomic E-state index is -1.01. The fourth-order valence-electron chi connectivity index (χ4n) is 2.83. The van der Waals surface area contributed by atoms with Crippen molar-refractivity contribution in [2.24, 2.45) is 5.73 Å². The minimum Gasteiger partial charge on any atom is -0.487 e. The monoisotopic (exact) mass is 298 g/mol. The van der Waals surface area contributed by atoms with E-state index in [4.69, 9.17) is 10.5 Å². The number of carbonyl (C=O) groups is 1. The molecule has 116 valence electrons. The minimum absolute atomic E-state index is 0.0853. The fraction of sp³-hybridized carbons (Fsp3) is 0.533. The van der Waals surface area contributed by atoms with Gasteiger partial charge in [0, 0.05) is 12.5 Å². The van der Waals surface area contributed by atoms with Crippen molar-refractivity contribution >= 4 is 5.91 Å². The van der Waals surface area contributed by atoms with Crippen LogP contribution in [0.4, 0.5) is 8.78 Å². The molecule has 0 aliphatic heterocycles. The maximum Gasteiger partial charge on any atom is 0.237 e. The Morgan fingerprint density at radius 3 is 2.81 bits per heavy atom. The number of amides is 1. The molecule has 1 fully saturated rings. The molecule has 2 rings (SSSR count). The number of halogens is 2. The number of ether oxygens (including phenoxy) is 1. The number of primary amides is 1. The maximum absolute atomic E-state index is 13.6. The molecule has 0 aromatic heterocycles. The zero-order chi connectivity index (χ0) is 15.6. The maximum atomic E-state index is 13.6. The van der Waals surface area contributed by atoms with Gasteiger partial charge < -0.3 is 15.8 Å². The Labute approximate surface area is 122 Å². The van der Waals surface area contributed by atoms with Gasteiger partial charge in [-0.2, -0.15) is 4.39 Å². The molecule has 2 unspecified atom stereocenters. The van der Waals surface area contributed by atoms with Crippen LogP contribution in [0.1, 0.15) is 33.1 Å². The lowest BCUT2D eigenvalue weighted by Crippen LogP contribution is -2.56. The van der Waals surface area contributed by atoms with E-state index in [0.29, 0.717) is 19.3 Å². The number of benzene rings is 1. The quantitative estimate of drug-likeness (QED) is 0.875. The Morgan fingerprint density at radius 1 is 1.48 bits per heavy atom. The lowest BCUT2D eigenvalue weighted by molar-refractivity contribution is -0.124. The van der Waals surface area contributed by atoms with E-state index in [2.05, 4.69) is 5.32 Å². The third kappa shape index (κ3) is 3.32. The first-order chi connectivity index (χ1) is 9.84. The molecule has 1 aromatic carbocycles. The van der Waals surface area contributed by atoms with Crippen molar-refractivity contribution in [3.63, 3.8) is 0 Å². The van der Waals surface area contributed by atoms with E-state index >= 15 is 0 Å². The standard InChI is InChI=1S/C15H20F2N2O2/c1-9(2)19-15(14(18)20)7-6-10(8-15)21-12-5-3-4-11(16)13(12)17/h3-5,9-10,19H,6-8H2,1-2H3,(H2,18,20). The summed E-state index contributed by atoms with van der Waals surface area (Å²) in [5.74, 6) is -2.54. The molecular weight excluding hydrogens is 278 g/mol. The van der Waals surface area contributed by atoms with Gasteiger partial charge in [0.05, 0.1) is 0 Å². The highest BCUT2D eigenvalue weighted by Gasteiger charge is 2.45. The molecule has 0 saturated heterocycles. The lowest BCUT2D eigenvalue weighted by atomic mass is 9.95. The van der Waals surface area contributed by atoms with Crippen LogP contribution in [-0.4, -0.2) is 23.6 Å². The van der Waals surface area contributed by atoms with Crippen LogP contribution >= 0.6 is 0 Å². The molecule has 4 nitrogen and oxygen atoms in total. The van der Waals surface area contributed by atoms with Crippen molar-refractivity contribution in [2.45, 2.75) is 50.8 Å². The van der Waals surface area contributed by atoms with Gasteiger partial charge in [-0.1, -0.05) is 6.07 Å². The van der Waals surface area contributed by atoms with Gasteiger partial charge in [-0.15, -0.1) is 0 Å². The van der Waals surface area contributed by atoms with E-state index in [1.807, 2.05) is 13.8 Å². The summed E-state index contributed by atoms with van der Waals surface area (Å²) in [5, 5.41) is 3.17. The third-order valence-electron chi connectivity index (χ3n) is 3.72. The number of carbonyl (C=O) groups excluding carboxylic acids is 1. The number of nitrogens with two attached hydrogens (primary N) is 1. The first-order valence-corrected chi connectivity index (χ1v) is 7.02. The van der Waals surface area contributed by atoms with E-state index < -0.39 is 23.1 Å². The molecule has 0 heterocycles. The van der Waals surface area contributed by atoms with Gasteiger partial charge in [-0.05, 0) is 38.8 Å². The van der Waals surface area contributed by atoms with Crippen molar-refractivity contribution in [3.05, 3.63) is 29.8 Å². The van der Waals surface area contributed by atoms with Crippen LogP contribution in [-0.2, 0) is 4.79 Å². The highest BCUT2D eigenvalue weighted by molar-refractivity contribution is 5.85. The SMILES string of the molecule is CC(C)NC1(C(N)=O)CCC(Oc2cccc(F)c2F)C1. The summed E-state index contributed by atoms with van der Waals surface area (Å²) in [4.78, 5) is 11.7. The molecule has 1 amide bonds. The Bertz CT molecular complexity index is 536. The van der Waals surface area contributed by atoms with E-state index in [9.17, 15) is 13.6 Å². The highest BCUT2D eigenvalue weighted by Crippen LogP contribution is 2.34. The topological polar surface area (TPSA) is 64.3 Å². The first-order valence-electron chi connectivity index (χ1n) is 7.02. The van der Waals surface area contributed by atoms with E-state index in [1.165, 1.54) is 12.1 Å². The second-order valence-corrected chi connectivity index (χ2v) is 5.78. The second-order valence-electron chi connectivity index (χ2n) is 5.78. The highest BCUT2D eigenvalue weighted by atomic mass is 19.2. The van der Waals surface area contributed by atoms with Crippen LogP contribution in [0.2, 0.25) is 0 Å². The Balaban J connectivity index is 2.11. The number of nitrogens with one attached hydrogen (secondary N) is 1. The van der Waals surface area contributed by atoms with Crippen molar-refractivity contribution in [1.82, 2.24) is 5.32 Å². The summed E-state index contributed by atoms with van der Waals surface area (Å²) >= 11 is 0. The molecule has 0 bridgehead atoms. The van der Waals surface area contributed by atoms with Crippen LogP contribution in [0, 0.1) is 11.6 Å². The van der Waals surface area contributed by atoms with Crippen LogP contribution in [0.5, 0.6) is 5.75 Å². The molecule has 1 aliphatic carbocycles. The largest absolute Gasteiger partial charge is 0.487 e. The van der Waals surface area contributed by atoms with Gasteiger partial charge in [0.15, 0.2) is 11.6 Å². The fourth-order valence-corrected chi connectivity index (χ4v) is 2.83. The van der Waals surface area contributed by atoms with Crippen molar-refractivity contribution < 1.29 is 18.3 Å². The molecule has 1 aromatic rings. The summed E-state index contributed by atoms with van der Waals surface area (Å²) in [7, 11) is 0. The van der Waals surface area contributed by atoms with Crippen LogP contribution in [0.25, 0.3) is 0 Å². The van der Waals surface area contributed by atoms with Crippen LogP contribution < -0.4 is 15.8 Å². The Hall–Kier alpha value is -1.69. The van der Waals surface area contributed by atoms with E-state index in [-0.39, 0.29) is 17.9 Å². The van der Waals surface area contributed by atoms with E-state index in [0.717, 1.165) is 6.07 Å². The molecule has 21 heavy (non-hydrogen) atoms. The number of hydrogen-bond donors (Lipinski definition) is 2. The van der Waals surface area contributed by atoms with Gasteiger partial charge in [0.1, 0.15) is 11.6 Å². The summed E-state index contributed by atoms with van der Waals surface area (Å²) in [5.41, 5.74) is 4.65. The zero-order valence-corrected chi connectivity index (χ0v) is 12.2. The number of hydrogen-bond acceptors (Lipinski definition) is 3. The smallest absolute Gasteiger partial charge is 0.237 e. The molecule has 3 N–H and O–H groups in total. The van der Waals surface area contributed by atoms with Gasteiger partial charge in [0.2, 0.25) is 11.7 Å². The molecule has 1 saturated carbocycles. The lowest BCUT2D eigenvalue weighted by Gasteiger charge is -2.29. The summed E-state index contributed by atoms with van der Waals surface area (Å²) in [6, 6.07) is 3.88. The van der Waals surface area contributed by atoms with Crippen LogP contribution in [0.3, 0.4) is 0 Å². The third-order valence-corrected chi connectivity index (χ3v) is 3.72. The molecule has 0 radical (unpaired) electrons. The Morgan fingerprint density at radius 2 is 2.19 bits per heavy atom. The van der Waals surface area contributed by atoms with Crippen LogP contribution in [0.15, 0.2) is 18.2 Å². The molecule has 0 spiro atoms. The molecule has 6 heteroatoms. The van der Waals surface area contributed by atoms with Crippen molar-refractivity contribution in [1.29, 1.82) is 0 Å². The average molecular weight is 298 g/mol. The normalized spacial score (nSPS) is 25.3. The van der Waals surface area contributed by atoms with Crippen molar-refractivity contribution in [2.75, 3.05) is 0 Å². The predicted molar refractivity (Wildman–Crippen MR) is 74.8 cm³/mol. The zero-order valence-electron chi connectivity index (χ0n) is 12.2. The van der Waals surface area contributed by atoms with Gasteiger partial charge in [0.25, 0.3) is 0 Å². The van der Waals surface area contributed by atoms with Gasteiger partial charge >= 0.3 is 0 Å². The second kappa shape index (κ2) is 5.97. The summed E-state index contributed by atoms with van der Waals surface area (Å²) < 4.78 is 32.3. The van der Waals surface area contributed by atoms with Crippen molar-refractivity contribution in [3.8, 4) is 5.75 Å². The Kier molecular flexibility index (Phi) is 4.46. The molecule has 2 atom stereocenters. The van der Waals surface area contributed by atoms with Gasteiger partial charge in [-0.3, -0.25) is 4.79 Å². The molecular formula is C15H20F2N2O2. The van der Waals surface area contributed by atoms with Gasteiger partial charge in [-0.25, -0.2) is 4.39 Å². The summed E-state index contributed by atoms with van der Waals surface area (Å²) in [6.45, 7) is 3.84. The number of rotatable bonds is 5. The molecule has 1 aliphatic rings. The van der Waals surface area contributed by atoms with E-state index in [1.54, 1.807) is 0 Å².